The van der Waals surface area contributed by atoms with Crippen LogP contribution in [0.25, 0.3) is 21.8 Å². The molecule has 0 saturated carbocycles. The largest absolute Gasteiger partial charge is 0.507 e. The minimum absolute atomic E-state index is 0.000622. The molecule has 0 unspecified atom stereocenters. The standard InChI is InChI=1S/C19H15N5O2/c25-18-10-9-13-5-1-2-6-14(13)15(18)11-20-22-19(26)12-24-17-8-4-3-7-16(17)21-23-24/h1-11,25H,12H2,(H,22,26)/b20-11+. The number of aromatic hydroxyl groups is 1. The molecule has 4 rings (SSSR count). The van der Waals surface area contributed by atoms with Crippen molar-refractivity contribution in [3.63, 3.8) is 0 Å². The Kier molecular flexibility index (Phi) is 4.03. The van der Waals surface area contributed by atoms with E-state index in [1.165, 1.54) is 10.9 Å². The third kappa shape index (κ3) is 2.98. The average Bonchev–Trinajstić information content (AvgIpc) is 3.06. The molecular weight excluding hydrogens is 330 g/mol. The van der Waals surface area contributed by atoms with Crippen LogP contribution in [0.3, 0.4) is 0 Å². The second-order valence-corrected chi connectivity index (χ2v) is 5.75. The van der Waals surface area contributed by atoms with Crippen LogP contribution in [0.1, 0.15) is 5.56 Å². The van der Waals surface area contributed by atoms with Crippen LogP contribution in [0, 0.1) is 0 Å². The highest BCUT2D eigenvalue weighted by atomic mass is 16.3. The average molecular weight is 345 g/mol. The van der Waals surface area contributed by atoms with Gasteiger partial charge >= 0.3 is 0 Å². The van der Waals surface area contributed by atoms with E-state index >= 15 is 0 Å². The van der Waals surface area contributed by atoms with E-state index in [1.54, 1.807) is 6.07 Å². The third-order valence-corrected chi connectivity index (χ3v) is 4.04. The maximum Gasteiger partial charge on any atom is 0.261 e. The van der Waals surface area contributed by atoms with Crippen LogP contribution in [0.5, 0.6) is 5.75 Å². The number of fused-ring (bicyclic) bond motifs is 2. The Balaban J connectivity index is 1.50. The van der Waals surface area contributed by atoms with Crippen molar-refractivity contribution >= 4 is 33.9 Å². The smallest absolute Gasteiger partial charge is 0.261 e. The second-order valence-electron chi connectivity index (χ2n) is 5.75. The highest BCUT2D eigenvalue weighted by molar-refractivity contribution is 6.02. The maximum atomic E-state index is 12.1. The zero-order valence-electron chi connectivity index (χ0n) is 13.7. The number of carbonyl (C=O) groups excluding carboxylic acids is 1. The van der Waals surface area contributed by atoms with E-state index in [0.717, 1.165) is 21.8 Å². The summed E-state index contributed by atoms with van der Waals surface area (Å²) in [6.45, 7) is -0.000622. The number of aromatic nitrogens is 3. The minimum atomic E-state index is -0.336. The molecule has 0 spiro atoms. The van der Waals surface area contributed by atoms with Crippen molar-refractivity contribution in [3.05, 3.63) is 66.2 Å². The van der Waals surface area contributed by atoms with Gasteiger partial charge in [0.1, 0.15) is 17.8 Å². The summed E-state index contributed by atoms with van der Waals surface area (Å²) >= 11 is 0. The van der Waals surface area contributed by atoms with E-state index in [2.05, 4.69) is 20.8 Å². The molecule has 0 aliphatic carbocycles. The van der Waals surface area contributed by atoms with Gasteiger partial charge in [0.25, 0.3) is 5.91 Å². The van der Waals surface area contributed by atoms with Crippen molar-refractivity contribution in [2.24, 2.45) is 5.10 Å². The number of phenols is 1. The molecule has 0 saturated heterocycles. The first-order valence-corrected chi connectivity index (χ1v) is 8.03. The van der Waals surface area contributed by atoms with Crippen molar-refractivity contribution < 1.29 is 9.90 Å². The summed E-state index contributed by atoms with van der Waals surface area (Å²) < 4.78 is 1.51. The van der Waals surface area contributed by atoms with Crippen LogP contribution < -0.4 is 5.43 Å². The number of benzene rings is 3. The Bertz CT molecular complexity index is 1130. The Morgan fingerprint density at radius 3 is 2.85 bits per heavy atom. The van der Waals surface area contributed by atoms with E-state index in [0.29, 0.717) is 5.56 Å². The van der Waals surface area contributed by atoms with Crippen molar-refractivity contribution in [2.45, 2.75) is 6.54 Å². The summed E-state index contributed by atoms with van der Waals surface area (Å²) in [6, 6.07) is 18.5. The van der Waals surface area contributed by atoms with Gasteiger partial charge in [-0.05, 0) is 29.0 Å². The van der Waals surface area contributed by atoms with Gasteiger partial charge < -0.3 is 5.11 Å². The van der Waals surface area contributed by atoms with Crippen molar-refractivity contribution in [1.29, 1.82) is 0 Å². The van der Waals surface area contributed by atoms with Gasteiger partial charge in [-0.15, -0.1) is 5.10 Å². The first-order chi connectivity index (χ1) is 12.7. The van der Waals surface area contributed by atoms with Crippen LogP contribution in [-0.2, 0) is 11.3 Å². The maximum absolute atomic E-state index is 12.1. The van der Waals surface area contributed by atoms with E-state index < -0.39 is 0 Å². The van der Waals surface area contributed by atoms with Gasteiger partial charge in [-0.3, -0.25) is 4.79 Å². The molecule has 0 atom stereocenters. The molecule has 2 N–H and O–H groups in total. The number of amides is 1. The van der Waals surface area contributed by atoms with Crippen LogP contribution >= 0.6 is 0 Å². The van der Waals surface area contributed by atoms with E-state index in [1.807, 2.05) is 54.6 Å². The molecule has 7 nitrogen and oxygen atoms in total. The molecule has 1 amide bonds. The van der Waals surface area contributed by atoms with Gasteiger partial charge in [0.15, 0.2) is 0 Å². The van der Waals surface area contributed by atoms with Crippen LogP contribution in [0.15, 0.2) is 65.8 Å². The molecular formula is C19H15N5O2. The van der Waals surface area contributed by atoms with Crippen LogP contribution in [-0.4, -0.2) is 32.2 Å². The van der Waals surface area contributed by atoms with E-state index in [-0.39, 0.29) is 18.2 Å². The molecule has 3 aromatic carbocycles. The first kappa shape index (κ1) is 15.8. The topological polar surface area (TPSA) is 92.4 Å². The highest BCUT2D eigenvalue weighted by Crippen LogP contribution is 2.25. The van der Waals surface area contributed by atoms with Gasteiger partial charge in [-0.1, -0.05) is 47.7 Å². The molecule has 0 aliphatic heterocycles. The lowest BCUT2D eigenvalue weighted by atomic mass is 10.0. The van der Waals surface area contributed by atoms with E-state index in [4.69, 9.17) is 0 Å². The minimum Gasteiger partial charge on any atom is -0.507 e. The van der Waals surface area contributed by atoms with Crippen molar-refractivity contribution in [1.82, 2.24) is 20.4 Å². The molecule has 7 heteroatoms. The van der Waals surface area contributed by atoms with Crippen LogP contribution in [0.4, 0.5) is 0 Å². The Labute approximate surface area is 148 Å². The monoisotopic (exact) mass is 345 g/mol. The lowest BCUT2D eigenvalue weighted by molar-refractivity contribution is -0.121. The Morgan fingerprint density at radius 2 is 1.92 bits per heavy atom. The number of rotatable bonds is 4. The molecule has 0 fully saturated rings. The van der Waals surface area contributed by atoms with Gasteiger partial charge in [0.05, 0.1) is 11.7 Å². The highest BCUT2D eigenvalue weighted by Gasteiger charge is 2.08. The number of hydrogen-bond acceptors (Lipinski definition) is 5. The summed E-state index contributed by atoms with van der Waals surface area (Å²) in [5, 5.41) is 23.9. The van der Waals surface area contributed by atoms with Gasteiger partial charge in [-0.25, -0.2) is 10.1 Å². The molecule has 1 aromatic heterocycles. The fraction of sp³-hybridized carbons (Fsp3) is 0.0526. The fourth-order valence-electron chi connectivity index (χ4n) is 2.79. The van der Waals surface area contributed by atoms with Gasteiger partial charge in [-0.2, -0.15) is 5.10 Å². The molecule has 0 aliphatic rings. The fourth-order valence-corrected chi connectivity index (χ4v) is 2.79. The normalized spacial score (nSPS) is 11.4. The molecule has 1 heterocycles. The van der Waals surface area contributed by atoms with E-state index in [9.17, 15) is 9.90 Å². The molecule has 4 aromatic rings. The molecule has 128 valence electrons. The number of nitrogens with one attached hydrogen (secondary N) is 1. The SMILES string of the molecule is O=C(Cn1nnc2ccccc21)N/N=C/c1c(O)ccc2ccccc12. The van der Waals surface area contributed by atoms with Gasteiger partial charge in [0.2, 0.25) is 0 Å². The van der Waals surface area contributed by atoms with Gasteiger partial charge in [0, 0.05) is 5.56 Å². The van der Waals surface area contributed by atoms with Crippen molar-refractivity contribution in [2.75, 3.05) is 0 Å². The zero-order valence-corrected chi connectivity index (χ0v) is 13.7. The van der Waals surface area contributed by atoms with Crippen LogP contribution in [0.2, 0.25) is 0 Å². The summed E-state index contributed by atoms with van der Waals surface area (Å²) in [6.07, 6.45) is 1.44. The quantitative estimate of drug-likeness (QED) is 0.439. The summed E-state index contributed by atoms with van der Waals surface area (Å²) in [5.41, 5.74) is 4.51. The number of hydrogen-bond donors (Lipinski definition) is 2. The summed E-state index contributed by atoms with van der Waals surface area (Å²) in [7, 11) is 0. The first-order valence-electron chi connectivity index (χ1n) is 8.03. The predicted molar refractivity (Wildman–Crippen MR) is 98.9 cm³/mol. The molecule has 26 heavy (non-hydrogen) atoms. The lowest BCUT2D eigenvalue weighted by Crippen LogP contribution is -2.23. The summed E-state index contributed by atoms with van der Waals surface area (Å²) in [4.78, 5) is 12.1. The number of hydrazone groups is 1. The summed E-state index contributed by atoms with van der Waals surface area (Å²) in [5.74, 6) is -0.236. The lowest BCUT2D eigenvalue weighted by Gasteiger charge is -2.05. The Morgan fingerprint density at radius 1 is 1.12 bits per heavy atom. The molecule has 0 bridgehead atoms. The van der Waals surface area contributed by atoms with Crippen molar-refractivity contribution in [3.8, 4) is 5.75 Å². The number of nitrogens with zero attached hydrogens (tertiary/aromatic N) is 4. The number of para-hydroxylation sites is 1. The number of phenolic OH excluding ortho intramolecular Hbond substituents is 1. The number of carbonyl (C=O) groups is 1. The Hall–Kier alpha value is -3.74. The molecule has 0 radical (unpaired) electrons. The zero-order chi connectivity index (χ0) is 17.9. The second kappa shape index (κ2) is 6.64. The third-order valence-electron chi connectivity index (χ3n) is 4.04. The predicted octanol–water partition coefficient (Wildman–Crippen LogP) is 2.44.